The molecule has 0 spiro atoms. The molecule has 3 rings (SSSR count). The van der Waals surface area contributed by atoms with Gasteiger partial charge in [0.05, 0.1) is 46.6 Å². The standard InChI is InChI=1S/C14H22F3NO8S.C13H23NO6.C4H8O/c1-9(26-27(21,22)14(15,16)17)13(10(19)23-5)8-18(6-7-24-13)11(20)25-12(2,3)4;1-9(15)13(10(16)18-5)8-14(6-7-19-13)11(17)20-12(2,3)4;1-2-4-5-3-1/h9H,6-8H2,1-5H3;9,15H,6-8H2,1-5H3;1-4H2. The van der Waals surface area contributed by atoms with E-state index in [4.69, 9.17) is 23.7 Å². The van der Waals surface area contributed by atoms with Crippen LogP contribution < -0.4 is 0 Å². The summed E-state index contributed by atoms with van der Waals surface area (Å²) in [6, 6.07) is 0. The molecule has 0 aromatic heterocycles. The van der Waals surface area contributed by atoms with Gasteiger partial charge in [-0.25, -0.2) is 19.2 Å². The molecule has 3 heterocycles. The summed E-state index contributed by atoms with van der Waals surface area (Å²) in [6.07, 6.45) is -1.90. The highest BCUT2D eigenvalue weighted by molar-refractivity contribution is 7.87. The minimum Gasteiger partial charge on any atom is -0.467 e. The average Bonchev–Trinajstić information content (AvgIpc) is 3.62. The molecule has 4 unspecified atom stereocenters. The Labute approximate surface area is 302 Å². The third kappa shape index (κ3) is 13.5. The number of alkyl halides is 3. The number of carbonyl (C=O) groups is 4. The summed E-state index contributed by atoms with van der Waals surface area (Å²) in [6.45, 7) is 13.8. The molecule has 21 heteroatoms. The predicted molar refractivity (Wildman–Crippen MR) is 174 cm³/mol. The highest BCUT2D eigenvalue weighted by atomic mass is 32.2. The van der Waals surface area contributed by atoms with Crippen molar-refractivity contribution in [2.24, 2.45) is 0 Å². The summed E-state index contributed by atoms with van der Waals surface area (Å²) in [4.78, 5) is 50.8. The van der Waals surface area contributed by atoms with Crippen molar-refractivity contribution < 1.29 is 83.2 Å². The molecule has 52 heavy (non-hydrogen) atoms. The molecule has 1 N–H and O–H groups in total. The van der Waals surface area contributed by atoms with E-state index in [1.807, 2.05) is 0 Å². The number of aliphatic hydroxyl groups is 1. The fraction of sp³-hybridized carbons (Fsp3) is 0.871. The van der Waals surface area contributed by atoms with E-state index in [9.17, 15) is 45.9 Å². The van der Waals surface area contributed by atoms with E-state index in [0.29, 0.717) is 6.54 Å². The monoisotopic (exact) mass is 782 g/mol. The number of rotatable bonds is 6. The Morgan fingerprint density at radius 3 is 1.44 bits per heavy atom. The van der Waals surface area contributed by atoms with E-state index in [1.54, 1.807) is 41.5 Å². The lowest BCUT2D eigenvalue weighted by molar-refractivity contribution is -0.199. The lowest BCUT2D eigenvalue weighted by atomic mass is 9.95. The minimum absolute atomic E-state index is 0.0353. The molecule has 0 radical (unpaired) electrons. The summed E-state index contributed by atoms with van der Waals surface area (Å²) in [7, 11) is -3.87. The van der Waals surface area contributed by atoms with Crippen LogP contribution in [0.25, 0.3) is 0 Å². The number of amides is 2. The molecule has 3 aliphatic rings. The van der Waals surface area contributed by atoms with E-state index in [-0.39, 0.29) is 26.3 Å². The van der Waals surface area contributed by atoms with Crippen LogP contribution in [0.2, 0.25) is 0 Å². The first-order chi connectivity index (χ1) is 23.7. The number of ether oxygens (including phenoxy) is 7. The van der Waals surface area contributed by atoms with E-state index in [1.165, 1.54) is 31.8 Å². The second kappa shape index (κ2) is 18.9. The topological polar surface area (TPSA) is 203 Å². The van der Waals surface area contributed by atoms with Crippen molar-refractivity contribution >= 4 is 34.2 Å². The molecule has 2 amide bonds. The van der Waals surface area contributed by atoms with E-state index < -0.39 is 80.9 Å². The number of nitrogens with zero attached hydrogens (tertiary/aromatic N) is 2. The molecular weight excluding hydrogens is 729 g/mol. The zero-order valence-corrected chi connectivity index (χ0v) is 32.1. The maximum Gasteiger partial charge on any atom is 0.523 e. The van der Waals surface area contributed by atoms with Crippen LogP contribution in [-0.4, -0.2) is 154 Å². The first-order valence-electron chi connectivity index (χ1n) is 16.3. The van der Waals surface area contributed by atoms with Gasteiger partial charge in [-0.2, -0.15) is 21.6 Å². The van der Waals surface area contributed by atoms with Gasteiger partial charge in [-0.15, -0.1) is 0 Å². The van der Waals surface area contributed by atoms with E-state index in [0.717, 1.165) is 32.1 Å². The summed E-state index contributed by atoms with van der Waals surface area (Å²) in [5.41, 5.74) is -11.1. The molecule has 0 aromatic carbocycles. The lowest BCUT2D eigenvalue weighted by Gasteiger charge is -2.43. The Morgan fingerprint density at radius 1 is 0.731 bits per heavy atom. The molecule has 0 aliphatic carbocycles. The summed E-state index contributed by atoms with van der Waals surface area (Å²) >= 11 is 0. The maximum absolute atomic E-state index is 12.6. The maximum atomic E-state index is 12.6. The molecule has 3 fully saturated rings. The van der Waals surface area contributed by atoms with Gasteiger partial charge in [-0.1, -0.05) is 0 Å². The second-order valence-corrected chi connectivity index (χ2v) is 15.5. The smallest absolute Gasteiger partial charge is 0.467 e. The number of hydrogen-bond acceptors (Lipinski definition) is 15. The van der Waals surface area contributed by atoms with Crippen molar-refractivity contribution in [2.45, 2.75) is 108 Å². The molecule has 0 aromatic rings. The fourth-order valence-electron chi connectivity index (χ4n) is 4.72. The summed E-state index contributed by atoms with van der Waals surface area (Å²) < 4.78 is 99.8. The third-order valence-electron chi connectivity index (χ3n) is 7.37. The zero-order valence-electron chi connectivity index (χ0n) is 31.3. The van der Waals surface area contributed by atoms with Crippen LogP contribution in [0, 0.1) is 0 Å². The average molecular weight is 783 g/mol. The van der Waals surface area contributed by atoms with Crippen molar-refractivity contribution in [1.82, 2.24) is 9.80 Å². The first-order valence-corrected chi connectivity index (χ1v) is 17.7. The molecule has 17 nitrogen and oxygen atoms in total. The Kier molecular flexibility index (Phi) is 17.1. The third-order valence-corrected chi connectivity index (χ3v) is 8.48. The quantitative estimate of drug-likeness (QED) is 0.178. The van der Waals surface area contributed by atoms with Crippen LogP contribution in [0.3, 0.4) is 0 Å². The molecule has 3 saturated heterocycles. The second-order valence-electron chi connectivity index (χ2n) is 13.9. The van der Waals surface area contributed by atoms with Crippen molar-refractivity contribution in [2.75, 3.05) is 66.8 Å². The van der Waals surface area contributed by atoms with Gasteiger partial charge in [0.1, 0.15) is 17.3 Å². The van der Waals surface area contributed by atoms with Gasteiger partial charge in [0.15, 0.2) is 0 Å². The van der Waals surface area contributed by atoms with Crippen LogP contribution in [0.5, 0.6) is 0 Å². The predicted octanol–water partition coefficient (Wildman–Crippen LogP) is 2.76. The van der Waals surface area contributed by atoms with Crippen LogP contribution in [0.4, 0.5) is 22.8 Å². The van der Waals surface area contributed by atoms with E-state index in [2.05, 4.69) is 13.7 Å². The van der Waals surface area contributed by atoms with Gasteiger partial charge in [0, 0.05) is 26.3 Å². The molecule has 3 aliphatic heterocycles. The Bertz CT molecular complexity index is 1310. The molecule has 0 bridgehead atoms. The van der Waals surface area contributed by atoms with Crippen molar-refractivity contribution in [3.05, 3.63) is 0 Å². The first kappa shape index (κ1) is 47.0. The number of methoxy groups -OCH3 is 2. The van der Waals surface area contributed by atoms with Crippen LogP contribution in [0.15, 0.2) is 0 Å². The van der Waals surface area contributed by atoms with E-state index >= 15 is 0 Å². The minimum atomic E-state index is -6.02. The number of carbonyl (C=O) groups excluding carboxylic acids is 4. The largest absolute Gasteiger partial charge is 0.523 e. The van der Waals surface area contributed by atoms with Crippen molar-refractivity contribution in [3.63, 3.8) is 0 Å². The highest BCUT2D eigenvalue weighted by Crippen LogP contribution is 2.33. The Morgan fingerprint density at radius 2 is 1.12 bits per heavy atom. The van der Waals surface area contributed by atoms with Crippen molar-refractivity contribution in [1.29, 1.82) is 0 Å². The Hall–Kier alpha value is -2.98. The van der Waals surface area contributed by atoms with Gasteiger partial charge in [-0.05, 0) is 68.2 Å². The normalized spacial score (nSPS) is 23.8. The van der Waals surface area contributed by atoms with Gasteiger partial charge < -0.3 is 48.1 Å². The van der Waals surface area contributed by atoms with Crippen LogP contribution in [-0.2, 0) is 57.0 Å². The molecule has 0 saturated carbocycles. The molecule has 304 valence electrons. The van der Waals surface area contributed by atoms with Crippen molar-refractivity contribution in [3.8, 4) is 0 Å². The Balaban J connectivity index is 0.000000471. The summed E-state index contributed by atoms with van der Waals surface area (Å²) in [5, 5.41) is 9.86. The number of esters is 2. The molecule has 4 atom stereocenters. The fourth-order valence-corrected chi connectivity index (χ4v) is 5.36. The number of aliphatic hydroxyl groups excluding tert-OH is 1. The van der Waals surface area contributed by atoms with Crippen LogP contribution >= 0.6 is 0 Å². The number of halogens is 3. The van der Waals surface area contributed by atoms with Crippen LogP contribution in [0.1, 0.15) is 68.2 Å². The molecular formula is C31H53F3N2O15S. The number of hydrogen-bond donors (Lipinski definition) is 1. The van der Waals surface area contributed by atoms with Gasteiger partial charge in [0.2, 0.25) is 11.2 Å². The SMILES string of the molecule is C1CCOC1.COC(=O)C1(C(C)O)CN(C(=O)OC(C)(C)C)CCO1.COC(=O)C1(C(C)OS(=O)(=O)C(F)(F)F)CN(C(=O)OC(C)(C)C)CCO1. The van der Waals surface area contributed by atoms with Gasteiger partial charge >= 0.3 is 39.8 Å². The lowest BCUT2D eigenvalue weighted by Crippen LogP contribution is -2.64. The highest BCUT2D eigenvalue weighted by Gasteiger charge is 2.57. The summed E-state index contributed by atoms with van der Waals surface area (Å²) in [5.74, 6) is -1.90. The number of morpholine rings is 2. The zero-order chi connectivity index (χ0) is 40.3. The van der Waals surface area contributed by atoms with Gasteiger partial charge in [0.25, 0.3) is 0 Å². The van der Waals surface area contributed by atoms with Gasteiger partial charge in [-0.3, -0.25) is 4.18 Å².